The first kappa shape index (κ1) is 9.94. The molecular weight excluding hydrogens is 148 g/mol. The molecular formula is C6H14N2OS. The van der Waals surface area contributed by atoms with Gasteiger partial charge in [0.1, 0.15) is 6.29 Å². The standard InChI is InChI=1S/C5H9NOS.CH5N/c7-4-5-2-1-3-6(5)8;1-2/h4-5,8H,1-3H2;2H2,1H3. The van der Waals surface area contributed by atoms with Gasteiger partial charge in [0.15, 0.2) is 0 Å². The molecule has 0 aliphatic carbocycles. The summed E-state index contributed by atoms with van der Waals surface area (Å²) in [6, 6.07) is 0.0818. The van der Waals surface area contributed by atoms with Crippen LogP contribution in [0.3, 0.4) is 0 Å². The first-order valence-corrected chi connectivity index (χ1v) is 3.73. The molecule has 1 saturated heterocycles. The SMILES string of the molecule is CN.O=CC1CCCN1S. The lowest BCUT2D eigenvalue weighted by Gasteiger charge is -2.09. The molecule has 4 heteroatoms. The van der Waals surface area contributed by atoms with Crippen molar-refractivity contribution >= 4 is 19.1 Å². The van der Waals surface area contributed by atoms with Gasteiger partial charge < -0.3 is 10.5 Å². The first-order valence-electron chi connectivity index (χ1n) is 3.33. The summed E-state index contributed by atoms with van der Waals surface area (Å²) in [5.41, 5.74) is 4.50. The second-order valence-electron chi connectivity index (χ2n) is 2.01. The Morgan fingerprint density at radius 3 is 2.50 bits per heavy atom. The predicted molar refractivity (Wildman–Crippen MR) is 44.9 cm³/mol. The summed E-state index contributed by atoms with van der Waals surface area (Å²) in [5, 5.41) is 0. The van der Waals surface area contributed by atoms with Crippen molar-refractivity contribution in [3.05, 3.63) is 0 Å². The van der Waals surface area contributed by atoms with Crippen molar-refractivity contribution in [1.82, 2.24) is 4.31 Å². The van der Waals surface area contributed by atoms with E-state index in [1.807, 2.05) is 0 Å². The maximum absolute atomic E-state index is 10.1. The minimum absolute atomic E-state index is 0.0818. The van der Waals surface area contributed by atoms with Crippen LogP contribution in [0.1, 0.15) is 12.8 Å². The molecule has 3 nitrogen and oxygen atoms in total. The monoisotopic (exact) mass is 162 g/mol. The Labute approximate surface area is 67.1 Å². The number of nitrogens with zero attached hydrogens (tertiary/aromatic N) is 1. The van der Waals surface area contributed by atoms with Gasteiger partial charge in [0.05, 0.1) is 6.04 Å². The van der Waals surface area contributed by atoms with Crippen LogP contribution in [0.2, 0.25) is 0 Å². The van der Waals surface area contributed by atoms with E-state index in [0.717, 1.165) is 25.7 Å². The number of nitrogens with two attached hydrogens (primary N) is 1. The van der Waals surface area contributed by atoms with E-state index in [2.05, 4.69) is 18.5 Å². The van der Waals surface area contributed by atoms with Crippen molar-refractivity contribution in [1.29, 1.82) is 0 Å². The summed E-state index contributed by atoms with van der Waals surface area (Å²) >= 11 is 4.07. The van der Waals surface area contributed by atoms with Crippen LogP contribution in [-0.2, 0) is 4.79 Å². The Morgan fingerprint density at radius 2 is 2.30 bits per heavy atom. The van der Waals surface area contributed by atoms with Gasteiger partial charge in [0, 0.05) is 6.54 Å². The molecule has 1 aliphatic heterocycles. The van der Waals surface area contributed by atoms with E-state index in [9.17, 15) is 4.79 Å². The topological polar surface area (TPSA) is 46.3 Å². The summed E-state index contributed by atoms with van der Waals surface area (Å²) < 4.78 is 1.78. The molecule has 1 atom stereocenters. The van der Waals surface area contributed by atoms with E-state index < -0.39 is 0 Å². The number of carbonyl (C=O) groups is 1. The second-order valence-corrected chi connectivity index (χ2v) is 2.52. The quantitative estimate of drug-likeness (QED) is 0.423. The van der Waals surface area contributed by atoms with Gasteiger partial charge in [-0.2, -0.15) is 0 Å². The van der Waals surface area contributed by atoms with Crippen molar-refractivity contribution in [2.45, 2.75) is 18.9 Å². The van der Waals surface area contributed by atoms with E-state index in [-0.39, 0.29) is 6.04 Å². The maximum Gasteiger partial charge on any atom is 0.138 e. The number of rotatable bonds is 1. The molecule has 10 heavy (non-hydrogen) atoms. The molecule has 1 unspecified atom stereocenters. The van der Waals surface area contributed by atoms with Crippen LogP contribution in [0.25, 0.3) is 0 Å². The Kier molecular flexibility index (Phi) is 5.67. The average Bonchev–Trinajstić information content (AvgIpc) is 2.39. The molecule has 60 valence electrons. The van der Waals surface area contributed by atoms with Crippen molar-refractivity contribution in [2.24, 2.45) is 5.73 Å². The molecule has 0 bridgehead atoms. The van der Waals surface area contributed by atoms with E-state index in [4.69, 9.17) is 0 Å². The van der Waals surface area contributed by atoms with Crippen LogP contribution in [-0.4, -0.2) is 30.2 Å². The first-order chi connectivity index (χ1) is 4.84. The predicted octanol–water partition coefficient (Wildman–Crippen LogP) is 0.0694. The molecule has 1 rings (SSSR count). The molecule has 1 fully saturated rings. The van der Waals surface area contributed by atoms with E-state index >= 15 is 0 Å². The zero-order valence-electron chi connectivity index (χ0n) is 6.16. The molecule has 1 heterocycles. The Hall–Kier alpha value is -0.0600. The minimum Gasteiger partial charge on any atom is -0.333 e. The van der Waals surface area contributed by atoms with Gasteiger partial charge in [-0.3, -0.25) is 0 Å². The number of hydrogen-bond acceptors (Lipinski definition) is 4. The third-order valence-corrected chi connectivity index (χ3v) is 1.92. The highest BCUT2D eigenvalue weighted by Gasteiger charge is 2.19. The molecule has 1 aliphatic rings. The number of aldehydes is 1. The van der Waals surface area contributed by atoms with Crippen LogP contribution in [0.4, 0.5) is 0 Å². The maximum atomic E-state index is 10.1. The molecule has 0 aromatic rings. The molecule has 0 aromatic heterocycles. The van der Waals surface area contributed by atoms with Crippen LogP contribution in [0, 0.1) is 0 Å². The van der Waals surface area contributed by atoms with E-state index in [1.54, 1.807) is 4.31 Å². The fourth-order valence-electron chi connectivity index (χ4n) is 0.916. The summed E-state index contributed by atoms with van der Waals surface area (Å²) in [5.74, 6) is 0. The highest BCUT2D eigenvalue weighted by Crippen LogP contribution is 2.15. The molecule has 2 N–H and O–H groups in total. The third-order valence-electron chi connectivity index (χ3n) is 1.43. The van der Waals surface area contributed by atoms with Crippen LogP contribution in [0.15, 0.2) is 0 Å². The molecule has 0 spiro atoms. The zero-order valence-corrected chi connectivity index (χ0v) is 7.05. The smallest absolute Gasteiger partial charge is 0.138 e. The number of thiol groups is 1. The zero-order chi connectivity index (χ0) is 7.98. The van der Waals surface area contributed by atoms with Gasteiger partial charge >= 0.3 is 0 Å². The molecule has 0 saturated carbocycles. The summed E-state index contributed by atoms with van der Waals surface area (Å²) in [4.78, 5) is 10.1. The van der Waals surface area contributed by atoms with Gasteiger partial charge in [-0.05, 0) is 19.9 Å². The fraction of sp³-hybridized carbons (Fsp3) is 0.833. The lowest BCUT2D eigenvalue weighted by atomic mass is 10.2. The van der Waals surface area contributed by atoms with Gasteiger partial charge in [0.25, 0.3) is 0 Å². The van der Waals surface area contributed by atoms with Crippen molar-refractivity contribution < 1.29 is 4.79 Å². The largest absolute Gasteiger partial charge is 0.333 e. The average molecular weight is 162 g/mol. The van der Waals surface area contributed by atoms with Gasteiger partial charge in [0.2, 0.25) is 0 Å². The molecule has 0 amide bonds. The number of carbonyl (C=O) groups excluding carboxylic acids is 1. The minimum atomic E-state index is 0.0818. The van der Waals surface area contributed by atoms with Crippen LogP contribution >= 0.6 is 12.8 Å². The molecule has 0 aromatic carbocycles. The summed E-state index contributed by atoms with van der Waals surface area (Å²) in [7, 11) is 1.50. The van der Waals surface area contributed by atoms with Crippen LogP contribution in [0.5, 0.6) is 0 Å². The van der Waals surface area contributed by atoms with Gasteiger partial charge in [-0.1, -0.05) is 12.8 Å². The highest BCUT2D eigenvalue weighted by molar-refractivity contribution is 7.77. The van der Waals surface area contributed by atoms with Crippen molar-refractivity contribution in [3.8, 4) is 0 Å². The summed E-state index contributed by atoms with van der Waals surface area (Å²) in [6.07, 6.45) is 3.04. The lowest BCUT2D eigenvalue weighted by Crippen LogP contribution is -2.20. The summed E-state index contributed by atoms with van der Waals surface area (Å²) in [6.45, 7) is 0.951. The van der Waals surface area contributed by atoms with Gasteiger partial charge in [-0.25, -0.2) is 4.31 Å². The highest BCUT2D eigenvalue weighted by atomic mass is 32.1. The normalized spacial score (nSPS) is 25.3. The van der Waals surface area contributed by atoms with Gasteiger partial charge in [-0.15, -0.1) is 0 Å². The Morgan fingerprint density at radius 1 is 1.70 bits per heavy atom. The lowest BCUT2D eigenvalue weighted by molar-refractivity contribution is -0.110. The van der Waals surface area contributed by atoms with E-state index in [0.29, 0.717) is 0 Å². The number of hydrogen-bond donors (Lipinski definition) is 2. The van der Waals surface area contributed by atoms with Crippen molar-refractivity contribution in [3.63, 3.8) is 0 Å². The molecule has 0 radical (unpaired) electrons. The third kappa shape index (κ3) is 2.68. The fourth-order valence-corrected chi connectivity index (χ4v) is 1.23. The Balaban J connectivity index is 0.000000371. The van der Waals surface area contributed by atoms with Crippen LogP contribution < -0.4 is 5.73 Å². The second kappa shape index (κ2) is 5.70. The Bertz CT molecular complexity index is 99.7. The van der Waals surface area contributed by atoms with Crippen molar-refractivity contribution in [2.75, 3.05) is 13.6 Å². The van der Waals surface area contributed by atoms with E-state index in [1.165, 1.54) is 7.05 Å².